The third-order valence-corrected chi connectivity index (χ3v) is 2.94. The highest BCUT2D eigenvalue weighted by atomic mass is 127. The summed E-state index contributed by atoms with van der Waals surface area (Å²) in [6.07, 6.45) is 3.83. The number of hydrogen-bond donors (Lipinski definition) is 1. The lowest BCUT2D eigenvalue weighted by molar-refractivity contribution is 0.686. The van der Waals surface area contributed by atoms with Gasteiger partial charge in [0.25, 0.3) is 0 Å². The van der Waals surface area contributed by atoms with Gasteiger partial charge in [-0.25, -0.2) is 0 Å². The maximum absolute atomic E-state index is 5.76. The molecule has 0 aliphatic heterocycles. The SMILES string of the molecule is Nc1cc(Br)cc(Cn2cc(I)cn2)c1. The van der Waals surface area contributed by atoms with E-state index in [9.17, 15) is 0 Å². The Morgan fingerprint density at radius 3 is 2.80 bits per heavy atom. The van der Waals surface area contributed by atoms with Crippen molar-refractivity contribution < 1.29 is 0 Å². The van der Waals surface area contributed by atoms with Crippen LogP contribution in [0.25, 0.3) is 0 Å². The van der Waals surface area contributed by atoms with Gasteiger partial charge in [-0.3, -0.25) is 4.68 Å². The number of rotatable bonds is 2. The molecular formula is C10H9BrIN3. The van der Waals surface area contributed by atoms with Gasteiger partial charge in [0.1, 0.15) is 0 Å². The number of halogens is 2. The number of nitrogen functional groups attached to an aromatic ring is 1. The normalized spacial score (nSPS) is 10.5. The minimum absolute atomic E-state index is 0.743. The molecule has 2 N–H and O–H groups in total. The third kappa shape index (κ3) is 2.94. The van der Waals surface area contributed by atoms with E-state index in [2.05, 4.69) is 43.6 Å². The van der Waals surface area contributed by atoms with Crippen LogP contribution in [0.1, 0.15) is 5.56 Å². The maximum Gasteiger partial charge on any atom is 0.0660 e. The molecule has 15 heavy (non-hydrogen) atoms. The van der Waals surface area contributed by atoms with E-state index >= 15 is 0 Å². The monoisotopic (exact) mass is 377 g/mol. The summed E-state index contributed by atoms with van der Waals surface area (Å²) in [6.45, 7) is 0.743. The molecule has 0 fully saturated rings. The Labute approximate surface area is 110 Å². The maximum atomic E-state index is 5.76. The lowest BCUT2D eigenvalue weighted by Gasteiger charge is -2.04. The molecule has 2 aromatic rings. The van der Waals surface area contributed by atoms with Gasteiger partial charge in [0, 0.05) is 16.4 Å². The molecule has 1 aromatic heterocycles. The average molecular weight is 378 g/mol. The van der Waals surface area contributed by atoms with Crippen LogP contribution in [-0.4, -0.2) is 9.78 Å². The van der Waals surface area contributed by atoms with Crippen molar-refractivity contribution in [3.63, 3.8) is 0 Å². The standard InChI is InChI=1S/C10H9BrIN3/c11-8-1-7(2-10(13)3-8)5-15-6-9(12)4-14-15/h1-4,6H,5,13H2. The molecule has 78 valence electrons. The molecule has 0 saturated carbocycles. The lowest BCUT2D eigenvalue weighted by atomic mass is 10.2. The molecule has 0 atom stereocenters. The third-order valence-electron chi connectivity index (χ3n) is 1.93. The largest absolute Gasteiger partial charge is 0.399 e. The van der Waals surface area contributed by atoms with Crippen LogP contribution in [0.15, 0.2) is 35.1 Å². The van der Waals surface area contributed by atoms with Gasteiger partial charge in [0.15, 0.2) is 0 Å². The van der Waals surface area contributed by atoms with E-state index in [1.54, 1.807) is 0 Å². The highest BCUT2D eigenvalue weighted by Gasteiger charge is 2.00. The topological polar surface area (TPSA) is 43.8 Å². The van der Waals surface area contributed by atoms with Gasteiger partial charge < -0.3 is 5.73 Å². The predicted molar refractivity (Wildman–Crippen MR) is 72.6 cm³/mol. The fraction of sp³-hybridized carbons (Fsp3) is 0.100. The van der Waals surface area contributed by atoms with Crippen molar-refractivity contribution in [3.8, 4) is 0 Å². The smallest absolute Gasteiger partial charge is 0.0660 e. The molecule has 3 nitrogen and oxygen atoms in total. The molecule has 2 rings (SSSR count). The van der Waals surface area contributed by atoms with Crippen LogP contribution < -0.4 is 5.73 Å². The Morgan fingerprint density at radius 2 is 2.20 bits per heavy atom. The van der Waals surface area contributed by atoms with Gasteiger partial charge >= 0.3 is 0 Å². The average Bonchev–Trinajstić information content (AvgIpc) is 2.49. The zero-order valence-electron chi connectivity index (χ0n) is 7.82. The summed E-state index contributed by atoms with van der Waals surface area (Å²) in [5, 5.41) is 4.22. The van der Waals surface area contributed by atoms with Crippen molar-refractivity contribution >= 4 is 44.2 Å². The molecule has 0 unspecified atom stereocenters. The first-order valence-corrected chi connectivity index (χ1v) is 6.23. The number of nitrogens with two attached hydrogens (primary N) is 1. The van der Waals surface area contributed by atoms with Crippen LogP contribution in [0.2, 0.25) is 0 Å². The van der Waals surface area contributed by atoms with Gasteiger partial charge in [-0.05, 0) is 46.4 Å². The molecule has 0 amide bonds. The summed E-state index contributed by atoms with van der Waals surface area (Å²) >= 11 is 5.66. The summed E-state index contributed by atoms with van der Waals surface area (Å²) < 4.78 is 4.03. The molecule has 5 heteroatoms. The first-order valence-electron chi connectivity index (χ1n) is 4.36. The highest BCUT2D eigenvalue weighted by molar-refractivity contribution is 14.1. The Bertz CT molecular complexity index is 461. The Kier molecular flexibility index (Phi) is 3.30. The van der Waals surface area contributed by atoms with Crippen molar-refractivity contribution in [2.75, 3.05) is 5.73 Å². The Balaban J connectivity index is 2.24. The number of benzene rings is 1. The van der Waals surface area contributed by atoms with Crippen LogP contribution in [0.3, 0.4) is 0 Å². The summed E-state index contributed by atoms with van der Waals surface area (Å²) in [5.41, 5.74) is 7.66. The van der Waals surface area contributed by atoms with Crippen LogP contribution >= 0.6 is 38.5 Å². The van der Waals surface area contributed by atoms with Crippen molar-refractivity contribution in [3.05, 3.63) is 44.2 Å². The summed E-state index contributed by atoms with van der Waals surface area (Å²) in [5.74, 6) is 0. The molecule has 1 aromatic carbocycles. The van der Waals surface area contributed by atoms with Crippen molar-refractivity contribution in [1.82, 2.24) is 9.78 Å². The molecular weight excluding hydrogens is 369 g/mol. The van der Waals surface area contributed by atoms with E-state index in [1.807, 2.05) is 35.3 Å². The zero-order valence-corrected chi connectivity index (χ0v) is 11.6. The van der Waals surface area contributed by atoms with Crippen molar-refractivity contribution in [1.29, 1.82) is 0 Å². The van der Waals surface area contributed by atoms with Gasteiger partial charge in [-0.2, -0.15) is 5.10 Å². The molecule has 0 bridgehead atoms. The minimum atomic E-state index is 0.743. The molecule has 0 aliphatic rings. The number of aromatic nitrogens is 2. The van der Waals surface area contributed by atoms with Crippen molar-refractivity contribution in [2.24, 2.45) is 0 Å². The summed E-state index contributed by atoms with van der Waals surface area (Å²) in [4.78, 5) is 0. The molecule has 0 radical (unpaired) electrons. The zero-order chi connectivity index (χ0) is 10.8. The van der Waals surface area contributed by atoms with Crippen LogP contribution in [0.5, 0.6) is 0 Å². The predicted octanol–water partition coefficient (Wildman–Crippen LogP) is 2.88. The first-order chi connectivity index (χ1) is 7.13. The van der Waals surface area contributed by atoms with Crippen LogP contribution in [0, 0.1) is 3.57 Å². The molecule has 0 saturated heterocycles. The first kappa shape index (κ1) is 10.9. The fourth-order valence-electron chi connectivity index (χ4n) is 1.38. The molecule has 1 heterocycles. The number of hydrogen-bond acceptors (Lipinski definition) is 2. The van der Waals surface area contributed by atoms with Crippen molar-refractivity contribution in [2.45, 2.75) is 6.54 Å². The van der Waals surface area contributed by atoms with E-state index in [-0.39, 0.29) is 0 Å². The van der Waals surface area contributed by atoms with E-state index in [0.29, 0.717) is 0 Å². The summed E-state index contributed by atoms with van der Waals surface area (Å²) in [7, 11) is 0. The fourth-order valence-corrected chi connectivity index (χ4v) is 2.38. The second-order valence-electron chi connectivity index (χ2n) is 3.25. The van der Waals surface area contributed by atoms with Crippen LogP contribution in [0.4, 0.5) is 5.69 Å². The van der Waals surface area contributed by atoms with Gasteiger partial charge in [-0.1, -0.05) is 15.9 Å². The minimum Gasteiger partial charge on any atom is -0.399 e. The van der Waals surface area contributed by atoms with Gasteiger partial charge in [-0.15, -0.1) is 0 Å². The Hall–Kier alpha value is -0.560. The molecule has 0 aliphatic carbocycles. The van der Waals surface area contributed by atoms with E-state index in [0.717, 1.165) is 25.8 Å². The second-order valence-corrected chi connectivity index (χ2v) is 5.41. The second kappa shape index (κ2) is 4.52. The lowest BCUT2D eigenvalue weighted by Crippen LogP contribution is -2.00. The number of nitrogens with zero attached hydrogens (tertiary/aromatic N) is 2. The summed E-state index contributed by atoms with van der Waals surface area (Å²) in [6, 6.07) is 5.89. The Morgan fingerprint density at radius 1 is 1.40 bits per heavy atom. The van der Waals surface area contributed by atoms with Crippen LogP contribution in [-0.2, 0) is 6.54 Å². The van der Waals surface area contributed by atoms with E-state index in [1.165, 1.54) is 0 Å². The van der Waals surface area contributed by atoms with E-state index < -0.39 is 0 Å². The van der Waals surface area contributed by atoms with Gasteiger partial charge in [0.05, 0.1) is 16.3 Å². The quantitative estimate of drug-likeness (QED) is 0.646. The molecule has 0 spiro atoms. The highest BCUT2D eigenvalue weighted by Crippen LogP contribution is 2.18. The van der Waals surface area contributed by atoms with Gasteiger partial charge in [0.2, 0.25) is 0 Å². The van der Waals surface area contributed by atoms with E-state index in [4.69, 9.17) is 5.73 Å². The number of anilines is 1.